The molecule has 0 radical (unpaired) electrons. The third-order valence-corrected chi connectivity index (χ3v) is 1.69. The predicted molar refractivity (Wildman–Crippen MR) is 51.2 cm³/mol. The Kier molecular flexibility index (Phi) is 7.40. The van der Waals surface area contributed by atoms with Crippen molar-refractivity contribution in [2.24, 2.45) is 5.92 Å². The van der Waals surface area contributed by atoms with Crippen LogP contribution in [-0.4, -0.2) is 44.8 Å². The summed E-state index contributed by atoms with van der Waals surface area (Å²) in [6.45, 7) is 7.58. The number of hydrogen-bond donors (Lipinski definition) is 1. The lowest BCUT2D eigenvalue weighted by atomic mass is 10.2. The standard InChI is InChI=1S/C9H21FN2/c1-9(2)8-11-5-7-12(3)6-4-10/h9,11H,4-8H2,1-3H3. The minimum absolute atomic E-state index is 0.249. The molecule has 0 rings (SSSR count). The van der Waals surface area contributed by atoms with Gasteiger partial charge < -0.3 is 10.2 Å². The van der Waals surface area contributed by atoms with Gasteiger partial charge in [0.1, 0.15) is 6.67 Å². The summed E-state index contributed by atoms with van der Waals surface area (Å²) in [5.74, 6) is 0.691. The number of nitrogens with one attached hydrogen (secondary N) is 1. The van der Waals surface area contributed by atoms with Gasteiger partial charge in [0, 0.05) is 19.6 Å². The second-order valence-electron chi connectivity index (χ2n) is 3.59. The first-order chi connectivity index (χ1) is 5.66. The van der Waals surface area contributed by atoms with Crippen molar-refractivity contribution in [1.29, 1.82) is 0 Å². The average Bonchev–Trinajstić information content (AvgIpc) is 1.98. The summed E-state index contributed by atoms with van der Waals surface area (Å²) in [6.07, 6.45) is 0. The van der Waals surface area contributed by atoms with Crippen LogP contribution >= 0.6 is 0 Å². The molecule has 0 aliphatic heterocycles. The second kappa shape index (κ2) is 7.50. The van der Waals surface area contributed by atoms with E-state index in [0.29, 0.717) is 12.5 Å². The second-order valence-corrected chi connectivity index (χ2v) is 3.59. The van der Waals surface area contributed by atoms with Gasteiger partial charge in [-0.1, -0.05) is 13.8 Å². The number of rotatable bonds is 7. The molecule has 0 heterocycles. The highest BCUT2D eigenvalue weighted by Crippen LogP contribution is 1.87. The first kappa shape index (κ1) is 11.8. The van der Waals surface area contributed by atoms with Crippen molar-refractivity contribution in [2.75, 3.05) is 39.9 Å². The number of nitrogens with zero attached hydrogens (tertiary/aromatic N) is 1. The Hall–Kier alpha value is -0.150. The first-order valence-corrected chi connectivity index (χ1v) is 4.62. The van der Waals surface area contributed by atoms with E-state index in [1.54, 1.807) is 0 Å². The molecule has 3 heteroatoms. The molecule has 0 spiro atoms. The summed E-state index contributed by atoms with van der Waals surface area (Å²) in [5, 5.41) is 3.31. The van der Waals surface area contributed by atoms with Gasteiger partial charge >= 0.3 is 0 Å². The molecule has 0 amide bonds. The molecule has 0 unspecified atom stereocenters. The minimum atomic E-state index is -0.249. The minimum Gasteiger partial charge on any atom is -0.315 e. The molecule has 74 valence electrons. The van der Waals surface area contributed by atoms with Gasteiger partial charge in [0.05, 0.1) is 0 Å². The van der Waals surface area contributed by atoms with Crippen LogP contribution < -0.4 is 5.32 Å². The van der Waals surface area contributed by atoms with Crippen molar-refractivity contribution in [1.82, 2.24) is 10.2 Å². The van der Waals surface area contributed by atoms with Crippen LogP contribution in [0.25, 0.3) is 0 Å². The van der Waals surface area contributed by atoms with Gasteiger partial charge in [-0.2, -0.15) is 0 Å². The lowest BCUT2D eigenvalue weighted by Gasteiger charge is -2.15. The topological polar surface area (TPSA) is 15.3 Å². The molecule has 0 saturated heterocycles. The molecule has 0 aliphatic rings. The number of alkyl halides is 1. The molecule has 0 aromatic carbocycles. The van der Waals surface area contributed by atoms with E-state index in [9.17, 15) is 4.39 Å². The van der Waals surface area contributed by atoms with Gasteiger partial charge in [-0.05, 0) is 19.5 Å². The summed E-state index contributed by atoms with van der Waals surface area (Å²) in [5.41, 5.74) is 0. The number of hydrogen-bond acceptors (Lipinski definition) is 2. The van der Waals surface area contributed by atoms with Crippen molar-refractivity contribution in [2.45, 2.75) is 13.8 Å². The molecular weight excluding hydrogens is 155 g/mol. The third-order valence-electron chi connectivity index (χ3n) is 1.69. The van der Waals surface area contributed by atoms with E-state index in [4.69, 9.17) is 0 Å². The van der Waals surface area contributed by atoms with Gasteiger partial charge in [0.15, 0.2) is 0 Å². The Bertz CT molecular complexity index is 96.5. The molecule has 0 saturated carbocycles. The highest BCUT2D eigenvalue weighted by molar-refractivity contribution is 4.55. The summed E-state index contributed by atoms with van der Waals surface area (Å²) < 4.78 is 11.8. The highest BCUT2D eigenvalue weighted by atomic mass is 19.1. The van der Waals surface area contributed by atoms with Crippen LogP contribution in [0.4, 0.5) is 4.39 Å². The summed E-state index contributed by atoms with van der Waals surface area (Å²) in [6, 6.07) is 0. The van der Waals surface area contributed by atoms with E-state index < -0.39 is 0 Å². The molecule has 0 aliphatic carbocycles. The maximum atomic E-state index is 11.8. The van der Waals surface area contributed by atoms with Crippen LogP contribution in [0.5, 0.6) is 0 Å². The van der Waals surface area contributed by atoms with Crippen molar-refractivity contribution < 1.29 is 4.39 Å². The molecular formula is C9H21FN2. The predicted octanol–water partition coefficient (Wildman–Crippen LogP) is 1.13. The van der Waals surface area contributed by atoms with Crippen LogP contribution in [0.15, 0.2) is 0 Å². The highest BCUT2D eigenvalue weighted by Gasteiger charge is 1.97. The maximum absolute atomic E-state index is 11.8. The van der Waals surface area contributed by atoms with E-state index in [1.807, 2.05) is 11.9 Å². The Morgan fingerprint density at radius 2 is 2.00 bits per heavy atom. The van der Waals surface area contributed by atoms with Crippen molar-refractivity contribution >= 4 is 0 Å². The number of likely N-dealkylation sites (N-methyl/N-ethyl adjacent to an activating group) is 1. The molecule has 2 nitrogen and oxygen atoms in total. The normalized spacial score (nSPS) is 11.5. The summed E-state index contributed by atoms with van der Waals surface area (Å²) >= 11 is 0. The molecule has 0 fully saturated rings. The van der Waals surface area contributed by atoms with Gasteiger partial charge in [-0.15, -0.1) is 0 Å². The fraction of sp³-hybridized carbons (Fsp3) is 1.00. The summed E-state index contributed by atoms with van der Waals surface area (Å²) in [4.78, 5) is 1.99. The van der Waals surface area contributed by atoms with Gasteiger partial charge in [0.25, 0.3) is 0 Å². The average molecular weight is 176 g/mol. The fourth-order valence-corrected chi connectivity index (χ4v) is 0.917. The van der Waals surface area contributed by atoms with Crippen LogP contribution in [0.1, 0.15) is 13.8 Å². The quantitative estimate of drug-likeness (QED) is 0.585. The third kappa shape index (κ3) is 7.95. The largest absolute Gasteiger partial charge is 0.315 e. The van der Waals surface area contributed by atoms with E-state index in [-0.39, 0.29) is 6.67 Å². The molecule has 12 heavy (non-hydrogen) atoms. The molecule has 0 aromatic rings. The summed E-state index contributed by atoms with van der Waals surface area (Å²) in [7, 11) is 1.94. The first-order valence-electron chi connectivity index (χ1n) is 4.62. The number of halogens is 1. The molecule has 0 aromatic heterocycles. The molecule has 0 bridgehead atoms. The van der Waals surface area contributed by atoms with Crippen molar-refractivity contribution in [3.63, 3.8) is 0 Å². The lowest BCUT2D eigenvalue weighted by molar-refractivity contribution is 0.293. The lowest BCUT2D eigenvalue weighted by Crippen LogP contribution is -2.32. The van der Waals surface area contributed by atoms with Gasteiger partial charge in [-0.25, -0.2) is 4.39 Å². The van der Waals surface area contributed by atoms with Crippen LogP contribution in [-0.2, 0) is 0 Å². The van der Waals surface area contributed by atoms with Crippen LogP contribution in [0.2, 0.25) is 0 Å². The Morgan fingerprint density at radius 3 is 2.50 bits per heavy atom. The van der Waals surface area contributed by atoms with E-state index in [1.165, 1.54) is 0 Å². The Balaban J connectivity index is 3.08. The Morgan fingerprint density at radius 1 is 1.33 bits per heavy atom. The van der Waals surface area contributed by atoms with Crippen molar-refractivity contribution in [3.8, 4) is 0 Å². The molecule has 1 N–H and O–H groups in total. The van der Waals surface area contributed by atoms with E-state index in [2.05, 4.69) is 19.2 Å². The smallest absolute Gasteiger partial charge is 0.102 e. The Labute approximate surface area is 75.1 Å². The van der Waals surface area contributed by atoms with E-state index in [0.717, 1.165) is 19.6 Å². The monoisotopic (exact) mass is 176 g/mol. The van der Waals surface area contributed by atoms with Gasteiger partial charge in [-0.3, -0.25) is 0 Å². The van der Waals surface area contributed by atoms with Gasteiger partial charge in [0.2, 0.25) is 0 Å². The molecule has 0 atom stereocenters. The van der Waals surface area contributed by atoms with Crippen LogP contribution in [0.3, 0.4) is 0 Å². The SMILES string of the molecule is CC(C)CNCCN(C)CCF. The zero-order chi connectivity index (χ0) is 9.40. The van der Waals surface area contributed by atoms with E-state index >= 15 is 0 Å². The fourth-order valence-electron chi connectivity index (χ4n) is 0.917. The zero-order valence-electron chi connectivity index (χ0n) is 8.44. The van der Waals surface area contributed by atoms with Crippen LogP contribution in [0, 0.1) is 5.92 Å². The maximum Gasteiger partial charge on any atom is 0.102 e. The zero-order valence-corrected chi connectivity index (χ0v) is 8.44. The van der Waals surface area contributed by atoms with Crippen molar-refractivity contribution in [3.05, 3.63) is 0 Å².